The van der Waals surface area contributed by atoms with Crippen LogP contribution < -0.4 is 0 Å². The first-order chi connectivity index (χ1) is 6.35. The van der Waals surface area contributed by atoms with Gasteiger partial charge < -0.3 is 0 Å². The Morgan fingerprint density at radius 1 is 0.643 bits per heavy atom. The van der Waals surface area contributed by atoms with Gasteiger partial charge in [-0.15, -0.1) is 0 Å². The Hall–Kier alpha value is 1.02. The molecule has 0 aromatic heterocycles. The van der Waals surface area contributed by atoms with Gasteiger partial charge in [-0.1, -0.05) is 77.4 Å². The summed E-state index contributed by atoms with van der Waals surface area (Å²) in [5.41, 5.74) is 0. The van der Waals surface area contributed by atoms with Crippen LogP contribution in [0.2, 0.25) is 18.1 Å². The molecule has 0 fully saturated rings. The predicted octanol–water partition coefficient (Wildman–Crippen LogP) is 4.23. The molecule has 4 radical (unpaired) electrons. The van der Waals surface area contributed by atoms with Gasteiger partial charge in [-0.3, -0.25) is 0 Å². The van der Waals surface area contributed by atoms with Gasteiger partial charge in [-0.05, 0) is 0 Å². The fourth-order valence-electron chi connectivity index (χ4n) is 1.66. The molecule has 14 heavy (non-hydrogen) atoms. The summed E-state index contributed by atoms with van der Waals surface area (Å²) >= 11 is 0. The Bertz CT molecular complexity index is 77.3. The van der Waals surface area contributed by atoms with Crippen molar-refractivity contribution in [3.8, 4) is 0 Å². The van der Waals surface area contributed by atoms with Gasteiger partial charge in [0, 0.05) is 8.80 Å². The second-order valence-electron chi connectivity index (χ2n) is 4.06. The zero-order valence-electron chi connectivity index (χ0n) is 10.4. The molecule has 0 saturated heterocycles. The van der Waals surface area contributed by atoms with Crippen molar-refractivity contribution in [3.63, 3.8) is 0 Å². The molecule has 0 rings (SSSR count). The van der Waals surface area contributed by atoms with Gasteiger partial charge >= 0.3 is 23.9 Å². The molecule has 0 aliphatic rings. The first-order valence-electron chi connectivity index (χ1n) is 6.18. The van der Waals surface area contributed by atoms with Gasteiger partial charge in [0.1, 0.15) is 0 Å². The van der Waals surface area contributed by atoms with E-state index in [0.717, 1.165) is 0 Å². The number of hydrogen-bond donors (Lipinski definition) is 0. The van der Waals surface area contributed by atoms with Crippen molar-refractivity contribution in [2.24, 2.45) is 0 Å². The van der Waals surface area contributed by atoms with E-state index in [1.165, 1.54) is 38.5 Å². The van der Waals surface area contributed by atoms with Crippen molar-refractivity contribution in [1.29, 1.82) is 0 Å². The van der Waals surface area contributed by atoms with Crippen molar-refractivity contribution in [1.82, 2.24) is 0 Å². The number of hydrogen-bond acceptors (Lipinski definition) is 0. The molecule has 0 amide bonds. The molecule has 0 saturated carbocycles. The average Bonchev–Trinajstić information content (AvgIpc) is 2.17. The second kappa shape index (κ2) is 14.0. The minimum absolute atomic E-state index is 0. The van der Waals surface area contributed by atoms with Crippen LogP contribution in [0.4, 0.5) is 0 Å². The van der Waals surface area contributed by atoms with E-state index in [1.807, 2.05) is 0 Å². The zero-order valence-corrected chi connectivity index (χ0v) is 14.7. The first-order valence-corrected chi connectivity index (χ1v) is 8.30. The molecular formula is C12H28SiSn. The molecule has 0 aromatic rings. The Morgan fingerprint density at radius 3 is 1.14 bits per heavy atom. The van der Waals surface area contributed by atoms with E-state index in [1.54, 1.807) is 18.1 Å². The standard InChI is InChI=1S/C12H27Si.Sn.H/c1-4-7-10-13(11-8-5-2)12-9-6-3;;/h4-12H2,1-3H3;;. The van der Waals surface area contributed by atoms with Gasteiger partial charge in [0.2, 0.25) is 0 Å². The fraction of sp³-hybridized carbons (Fsp3) is 1.00. The second-order valence-corrected chi connectivity index (χ2v) is 7.06. The molecule has 0 unspecified atom stereocenters. The topological polar surface area (TPSA) is 0 Å². The summed E-state index contributed by atoms with van der Waals surface area (Å²) in [5, 5.41) is 0. The third-order valence-electron chi connectivity index (χ3n) is 2.65. The summed E-state index contributed by atoms with van der Waals surface area (Å²) in [6, 6.07) is 4.75. The van der Waals surface area contributed by atoms with E-state index in [9.17, 15) is 0 Å². The number of unbranched alkanes of at least 4 members (excludes halogenated alkanes) is 3. The summed E-state index contributed by atoms with van der Waals surface area (Å²) in [7, 11) is 0.0675. The van der Waals surface area contributed by atoms with E-state index in [2.05, 4.69) is 20.8 Å². The van der Waals surface area contributed by atoms with E-state index in [4.69, 9.17) is 0 Å². The SMILES string of the molecule is CCCC[Si](CCCC)CCCC.[SnH]. The van der Waals surface area contributed by atoms with Gasteiger partial charge in [0.05, 0.1) is 0 Å². The van der Waals surface area contributed by atoms with E-state index >= 15 is 0 Å². The Balaban J connectivity index is 0. The summed E-state index contributed by atoms with van der Waals surface area (Å²) < 4.78 is 0. The third kappa shape index (κ3) is 11.1. The van der Waals surface area contributed by atoms with Crippen LogP contribution in [0.3, 0.4) is 0 Å². The molecule has 0 bridgehead atoms. The van der Waals surface area contributed by atoms with Crippen LogP contribution in [0.15, 0.2) is 0 Å². The summed E-state index contributed by atoms with van der Waals surface area (Å²) in [5.74, 6) is 0. The van der Waals surface area contributed by atoms with Gasteiger partial charge in [0.25, 0.3) is 0 Å². The average molecular weight is 319 g/mol. The maximum atomic E-state index is 2.32. The first kappa shape index (κ1) is 17.4. The van der Waals surface area contributed by atoms with Crippen LogP contribution in [0.25, 0.3) is 0 Å². The van der Waals surface area contributed by atoms with E-state index in [0.29, 0.717) is 0 Å². The van der Waals surface area contributed by atoms with Crippen molar-refractivity contribution in [2.45, 2.75) is 77.4 Å². The van der Waals surface area contributed by atoms with Gasteiger partial charge in [0.15, 0.2) is 0 Å². The fourth-order valence-corrected chi connectivity index (χ4v) is 4.97. The molecule has 84 valence electrons. The Labute approximate surface area is 110 Å². The third-order valence-corrected chi connectivity index (χ3v) is 5.83. The molecule has 0 spiro atoms. The van der Waals surface area contributed by atoms with Crippen LogP contribution in [0, 0.1) is 0 Å². The Kier molecular flexibility index (Phi) is 17.4. The van der Waals surface area contributed by atoms with Gasteiger partial charge in [-0.2, -0.15) is 0 Å². The summed E-state index contributed by atoms with van der Waals surface area (Å²) in [4.78, 5) is 0. The predicted molar refractivity (Wildman–Crippen MR) is 72.0 cm³/mol. The van der Waals surface area contributed by atoms with Crippen molar-refractivity contribution in [3.05, 3.63) is 0 Å². The Morgan fingerprint density at radius 2 is 0.929 bits per heavy atom. The van der Waals surface area contributed by atoms with E-state index < -0.39 is 0 Å². The molecule has 0 N–H and O–H groups in total. The molecular weight excluding hydrogens is 291 g/mol. The van der Waals surface area contributed by atoms with Crippen LogP contribution in [-0.2, 0) is 0 Å². The van der Waals surface area contributed by atoms with Gasteiger partial charge in [-0.25, -0.2) is 0 Å². The monoisotopic (exact) mass is 320 g/mol. The molecule has 0 aliphatic heterocycles. The van der Waals surface area contributed by atoms with Crippen LogP contribution in [0.5, 0.6) is 0 Å². The normalized spacial score (nSPS) is 10.3. The molecule has 2 heteroatoms. The van der Waals surface area contributed by atoms with Crippen LogP contribution >= 0.6 is 0 Å². The molecule has 0 heterocycles. The molecule has 0 atom stereocenters. The summed E-state index contributed by atoms with van der Waals surface area (Å²) in [6.45, 7) is 6.96. The minimum atomic E-state index is 0. The van der Waals surface area contributed by atoms with Crippen molar-refractivity contribution < 1.29 is 0 Å². The summed E-state index contributed by atoms with van der Waals surface area (Å²) in [6.07, 6.45) is 8.65. The van der Waals surface area contributed by atoms with Crippen LogP contribution in [-0.4, -0.2) is 32.7 Å². The zero-order chi connectivity index (χ0) is 9.94. The molecule has 0 nitrogen and oxygen atoms in total. The molecule has 0 aromatic carbocycles. The van der Waals surface area contributed by atoms with Crippen molar-refractivity contribution >= 4 is 32.7 Å². The maximum absolute atomic E-state index is 2.32. The van der Waals surface area contributed by atoms with E-state index in [-0.39, 0.29) is 32.7 Å². The van der Waals surface area contributed by atoms with Crippen molar-refractivity contribution in [2.75, 3.05) is 0 Å². The number of rotatable bonds is 9. The van der Waals surface area contributed by atoms with Crippen LogP contribution in [0.1, 0.15) is 59.3 Å². The molecule has 0 aliphatic carbocycles. The quantitative estimate of drug-likeness (QED) is 0.558.